The van der Waals surface area contributed by atoms with Gasteiger partial charge in [-0.1, -0.05) is 12.1 Å². The largest absolute Gasteiger partial charge is 0.360 e. The first-order chi connectivity index (χ1) is 8.13. The van der Waals surface area contributed by atoms with E-state index in [4.69, 9.17) is 5.73 Å². The first-order valence-electron chi connectivity index (χ1n) is 5.35. The number of amides is 1. The van der Waals surface area contributed by atoms with Crippen molar-refractivity contribution in [3.05, 3.63) is 34.4 Å². The third-order valence-corrected chi connectivity index (χ3v) is 3.43. The minimum Gasteiger partial charge on any atom is -0.360 e. The number of carbonyl (C=O) groups excluding carboxylic acids is 1. The highest BCUT2D eigenvalue weighted by atomic mass is 79.9. The number of rotatable bonds is 3. The zero-order chi connectivity index (χ0) is 12.4. The van der Waals surface area contributed by atoms with Crippen LogP contribution in [0.2, 0.25) is 0 Å². The topological polar surface area (TPSA) is 70.9 Å². The highest BCUT2D eigenvalue weighted by Crippen LogP contribution is 2.26. The summed E-state index contributed by atoms with van der Waals surface area (Å²) >= 11 is 3.48. The van der Waals surface area contributed by atoms with Gasteiger partial charge in [0.1, 0.15) is 0 Å². The number of para-hydroxylation sites is 1. The molecule has 0 fully saturated rings. The number of carbonyl (C=O) groups is 1. The zero-order valence-corrected chi connectivity index (χ0v) is 11.0. The third kappa shape index (κ3) is 2.35. The Morgan fingerprint density at radius 2 is 2.35 bits per heavy atom. The van der Waals surface area contributed by atoms with Gasteiger partial charge in [0.15, 0.2) is 0 Å². The van der Waals surface area contributed by atoms with Gasteiger partial charge in [-0.25, -0.2) is 0 Å². The molecule has 1 aromatic heterocycles. The second-order valence-electron chi connectivity index (χ2n) is 3.90. The fourth-order valence-electron chi connectivity index (χ4n) is 1.86. The normalized spacial score (nSPS) is 12.6. The molecular weight excluding hydrogens is 282 g/mol. The van der Waals surface area contributed by atoms with Crippen molar-refractivity contribution in [2.75, 3.05) is 7.05 Å². The lowest BCUT2D eigenvalue weighted by Gasteiger charge is -2.08. The van der Waals surface area contributed by atoms with E-state index in [1.165, 1.54) is 0 Å². The maximum atomic E-state index is 11.4. The summed E-state index contributed by atoms with van der Waals surface area (Å²) in [6.45, 7) is 0. The first-order valence-corrected chi connectivity index (χ1v) is 6.14. The number of hydrogen-bond donors (Lipinski definition) is 3. The summed E-state index contributed by atoms with van der Waals surface area (Å²) in [5.41, 5.74) is 7.90. The van der Waals surface area contributed by atoms with E-state index in [0.717, 1.165) is 20.9 Å². The third-order valence-electron chi connectivity index (χ3n) is 2.77. The molecule has 5 heteroatoms. The summed E-state index contributed by atoms with van der Waals surface area (Å²) in [6.07, 6.45) is 2.42. The summed E-state index contributed by atoms with van der Waals surface area (Å²) in [7, 11) is 1.59. The van der Waals surface area contributed by atoms with Crippen molar-refractivity contribution in [3.63, 3.8) is 0 Å². The molecule has 0 radical (unpaired) electrons. The molecule has 4 nitrogen and oxygen atoms in total. The molecule has 0 spiro atoms. The van der Waals surface area contributed by atoms with Gasteiger partial charge >= 0.3 is 0 Å². The molecular formula is C12H14BrN3O. The number of nitrogens with one attached hydrogen (secondary N) is 2. The van der Waals surface area contributed by atoms with Gasteiger partial charge in [-0.2, -0.15) is 0 Å². The number of fused-ring (bicyclic) bond motifs is 1. The number of halogens is 1. The lowest BCUT2D eigenvalue weighted by molar-refractivity contribution is -0.121. The fourth-order valence-corrected chi connectivity index (χ4v) is 2.34. The van der Waals surface area contributed by atoms with E-state index in [2.05, 4.69) is 26.2 Å². The van der Waals surface area contributed by atoms with Crippen LogP contribution < -0.4 is 11.1 Å². The molecule has 1 amide bonds. The lowest BCUT2D eigenvalue weighted by atomic mass is 10.1. The molecule has 1 heterocycles. The smallest absolute Gasteiger partial charge is 0.237 e. The predicted molar refractivity (Wildman–Crippen MR) is 71.7 cm³/mol. The molecule has 4 N–H and O–H groups in total. The van der Waals surface area contributed by atoms with E-state index in [9.17, 15) is 4.79 Å². The summed E-state index contributed by atoms with van der Waals surface area (Å²) in [6, 6.07) is 5.44. The lowest BCUT2D eigenvalue weighted by Crippen LogP contribution is -2.40. The Kier molecular flexibility index (Phi) is 3.49. The number of aromatic nitrogens is 1. The van der Waals surface area contributed by atoms with E-state index < -0.39 is 6.04 Å². The Balaban J connectivity index is 2.31. The second kappa shape index (κ2) is 4.89. The molecule has 0 aliphatic rings. The molecule has 2 rings (SSSR count). The highest BCUT2D eigenvalue weighted by molar-refractivity contribution is 9.10. The number of benzene rings is 1. The van der Waals surface area contributed by atoms with Crippen LogP contribution in [0, 0.1) is 0 Å². The number of nitrogens with two attached hydrogens (primary N) is 1. The Hall–Kier alpha value is -1.33. The van der Waals surface area contributed by atoms with Gasteiger partial charge in [-0.15, -0.1) is 0 Å². The van der Waals surface area contributed by atoms with Crippen molar-refractivity contribution < 1.29 is 4.79 Å². The van der Waals surface area contributed by atoms with E-state index in [1.54, 1.807) is 7.05 Å². The van der Waals surface area contributed by atoms with Crippen molar-refractivity contribution in [1.82, 2.24) is 10.3 Å². The minimum atomic E-state index is -0.516. The van der Waals surface area contributed by atoms with Gasteiger partial charge in [-0.3, -0.25) is 4.79 Å². The molecule has 1 aromatic carbocycles. The molecule has 0 aliphatic carbocycles. The van der Waals surface area contributed by atoms with Gasteiger partial charge in [0.05, 0.1) is 11.6 Å². The average Bonchev–Trinajstić information content (AvgIpc) is 2.73. The minimum absolute atomic E-state index is 0.144. The summed E-state index contributed by atoms with van der Waals surface area (Å²) in [5, 5.41) is 3.65. The van der Waals surface area contributed by atoms with Crippen LogP contribution in [0.3, 0.4) is 0 Å². The van der Waals surface area contributed by atoms with Gasteiger partial charge < -0.3 is 16.0 Å². The molecule has 1 unspecified atom stereocenters. The molecule has 0 saturated carbocycles. The number of hydrogen-bond acceptors (Lipinski definition) is 2. The summed E-state index contributed by atoms with van der Waals surface area (Å²) < 4.78 is 1.01. The van der Waals surface area contributed by atoms with Crippen LogP contribution in [0.15, 0.2) is 28.9 Å². The Bertz CT molecular complexity index is 550. The van der Waals surface area contributed by atoms with Crippen molar-refractivity contribution in [1.29, 1.82) is 0 Å². The van der Waals surface area contributed by atoms with Crippen LogP contribution in [0.4, 0.5) is 0 Å². The molecule has 2 aromatic rings. The van der Waals surface area contributed by atoms with E-state index in [1.807, 2.05) is 24.4 Å². The summed E-state index contributed by atoms with van der Waals surface area (Å²) in [4.78, 5) is 14.6. The van der Waals surface area contributed by atoms with Crippen LogP contribution in [0.25, 0.3) is 10.9 Å². The van der Waals surface area contributed by atoms with E-state index in [0.29, 0.717) is 6.42 Å². The number of H-pyrrole nitrogens is 1. The maximum absolute atomic E-state index is 11.4. The monoisotopic (exact) mass is 295 g/mol. The van der Waals surface area contributed by atoms with E-state index in [-0.39, 0.29) is 5.91 Å². The fraction of sp³-hybridized carbons (Fsp3) is 0.250. The van der Waals surface area contributed by atoms with Crippen LogP contribution in [-0.4, -0.2) is 24.0 Å². The maximum Gasteiger partial charge on any atom is 0.237 e. The van der Waals surface area contributed by atoms with Crippen molar-refractivity contribution in [2.45, 2.75) is 12.5 Å². The number of aromatic amines is 1. The van der Waals surface area contributed by atoms with Gasteiger partial charge in [0.2, 0.25) is 5.91 Å². The van der Waals surface area contributed by atoms with Crippen LogP contribution >= 0.6 is 15.9 Å². The molecule has 0 saturated heterocycles. The Labute approximate surface area is 108 Å². The quantitative estimate of drug-likeness (QED) is 0.804. The van der Waals surface area contributed by atoms with Crippen molar-refractivity contribution in [2.24, 2.45) is 5.73 Å². The second-order valence-corrected chi connectivity index (χ2v) is 4.76. The van der Waals surface area contributed by atoms with Crippen LogP contribution in [-0.2, 0) is 11.2 Å². The molecule has 0 aliphatic heterocycles. The Morgan fingerprint density at radius 1 is 1.59 bits per heavy atom. The van der Waals surface area contributed by atoms with Crippen LogP contribution in [0.1, 0.15) is 5.56 Å². The average molecular weight is 296 g/mol. The predicted octanol–water partition coefficient (Wildman–Crippen LogP) is 1.55. The first kappa shape index (κ1) is 12.1. The highest BCUT2D eigenvalue weighted by Gasteiger charge is 2.15. The summed E-state index contributed by atoms with van der Waals surface area (Å²) in [5.74, 6) is -0.144. The standard InChI is InChI=1S/C12H14BrN3O/c1-15-12(17)10(14)5-7-6-16-11-8(7)3-2-4-9(11)13/h2-4,6,10,16H,5,14H2,1H3,(H,15,17). The molecule has 17 heavy (non-hydrogen) atoms. The van der Waals surface area contributed by atoms with E-state index >= 15 is 0 Å². The van der Waals surface area contributed by atoms with Crippen LogP contribution in [0.5, 0.6) is 0 Å². The zero-order valence-electron chi connectivity index (χ0n) is 9.46. The Morgan fingerprint density at radius 3 is 3.06 bits per heavy atom. The van der Waals surface area contributed by atoms with Gasteiger partial charge in [0, 0.05) is 23.1 Å². The van der Waals surface area contributed by atoms with Crippen molar-refractivity contribution >= 4 is 32.7 Å². The molecule has 1 atom stereocenters. The van der Waals surface area contributed by atoms with Gasteiger partial charge in [-0.05, 0) is 34.0 Å². The van der Waals surface area contributed by atoms with Crippen molar-refractivity contribution in [3.8, 4) is 0 Å². The number of likely N-dealkylation sites (N-methyl/N-ethyl adjacent to an activating group) is 1. The molecule has 90 valence electrons. The SMILES string of the molecule is CNC(=O)C(N)Cc1c[nH]c2c(Br)cccc12. The molecule has 0 bridgehead atoms. The van der Waals surface area contributed by atoms with Gasteiger partial charge in [0.25, 0.3) is 0 Å².